The van der Waals surface area contributed by atoms with Crippen LogP contribution in [-0.2, 0) is 0 Å². The molecule has 0 spiro atoms. The van der Waals surface area contributed by atoms with Gasteiger partial charge in [-0.15, -0.1) is 0 Å². The molecule has 0 saturated carbocycles. The van der Waals surface area contributed by atoms with Gasteiger partial charge in [-0.3, -0.25) is 0 Å². The molecule has 1 fully saturated rings. The number of carbonyl (C=O) groups excluding carboxylic acids is 1. The van der Waals surface area contributed by atoms with Gasteiger partial charge < -0.3 is 20.2 Å². The molecule has 19 heavy (non-hydrogen) atoms. The van der Waals surface area contributed by atoms with Crippen molar-refractivity contribution in [1.82, 2.24) is 15.1 Å². The molecule has 0 aromatic rings. The van der Waals surface area contributed by atoms with E-state index in [0.29, 0.717) is 12.0 Å². The molecule has 0 radical (unpaired) electrons. The molecule has 0 aliphatic carbocycles. The summed E-state index contributed by atoms with van der Waals surface area (Å²) >= 11 is 0. The Balaban J connectivity index is 2.18. The molecule has 112 valence electrons. The Morgan fingerprint density at radius 1 is 1.37 bits per heavy atom. The topological polar surface area (TPSA) is 55.8 Å². The monoisotopic (exact) mass is 271 g/mol. The lowest BCUT2D eigenvalue weighted by Gasteiger charge is -2.34. The van der Waals surface area contributed by atoms with E-state index in [9.17, 15) is 9.90 Å². The zero-order valence-electron chi connectivity index (χ0n) is 12.7. The second-order valence-electron chi connectivity index (χ2n) is 5.99. The highest BCUT2D eigenvalue weighted by Gasteiger charge is 2.23. The van der Waals surface area contributed by atoms with Crippen molar-refractivity contribution < 1.29 is 9.90 Å². The SMILES string of the molecule is CC(C)C(O)CCNC1CCN(C(=O)N(C)C)CC1. The zero-order chi connectivity index (χ0) is 14.4. The van der Waals surface area contributed by atoms with Gasteiger partial charge in [0, 0.05) is 33.2 Å². The molecule has 0 bridgehead atoms. The smallest absolute Gasteiger partial charge is 0.319 e. The van der Waals surface area contributed by atoms with E-state index >= 15 is 0 Å². The van der Waals surface area contributed by atoms with Crippen LogP contribution in [0.4, 0.5) is 4.79 Å². The van der Waals surface area contributed by atoms with E-state index in [1.165, 1.54) is 0 Å². The van der Waals surface area contributed by atoms with Crippen molar-refractivity contribution in [1.29, 1.82) is 0 Å². The molecule has 1 atom stereocenters. The van der Waals surface area contributed by atoms with Gasteiger partial charge in [-0.05, 0) is 31.7 Å². The number of amides is 2. The highest BCUT2D eigenvalue weighted by molar-refractivity contribution is 5.73. The molecule has 5 nitrogen and oxygen atoms in total. The van der Waals surface area contributed by atoms with Gasteiger partial charge in [-0.25, -0.2) is 4.79 Å². The molecule has 0 aromatic heterocycles. The number of aliphatic hydroxyl groups excluding tert-OH is 1. The summed E-state index contributed by atoms with van der Waals surface area (Å²) in [5, 5.41) is 13.2. The first-order chi connectivity index (χ1) is 8.91. The number of nitrogens with zero attached hydrogens (tertiary/aromatic N) is 2. The van der Waals surface area contributed by atoms with Crippen LogP contribution in [0.2, 0.25) is 0 Å². The molecule has 5 heteroatoms. The van der Waals surface area contributed by atoms with E-state index in [1.807, 2.05) is 18.7 Å². The second-order valence-corrected chi connectivity index (χ2v) is 5.99. The third kappa shape index (κ3) is 5.37. The quantitative estimate of drug-likeness (QED) is 0.788. The van der Waals surface area contributed by atoms with Crippen LogP contribution in [0.1, 0.15) is 33.1 Å². The number of aliphatic hydroxyl groups is 1. The van der Waals surface area contributed by atoms with Crippen molar-refractivity contribution in [2.45, 2.75) is 45.3 Å². The summed E-state index contributed by atoms with van der Waals surface area (Å²) in [7, 11) is 3.58. The fourth-order valence-corrected chi connectivity index (χ4v) is 2.33. The minimum Gasteiger partial charge on any atom is -0.393 e. The number of nitrogens with one attached hydrogen (secondary N) is 1. The van der Waals surface area contributed by atoms with Gasteiger partial charge in [0.05, 0.1) is 6.10 Å². The normalized spacial score (nSPS) is 18.7. The van der Waals surface area contributed by atoms with Gasteiger partial charge in [0.1, 0.15) is 0 Å². The van der Waals surface area contributed by atoms with E-state index in [1.54, 1.807) is 19.0 Å². The predicted octanol–water partition coefficient (Wildman–Crippen LogP) is 1.13. The minimum atomic E-state index is -0.220. The van der Waals surface area contributed by atoms with Crippen LogP contribution in [0.25, 0.3) is 0 Å². The fourth-order valence-electron chi connectivity index (χ4n) is 2.33. The first-order valence-electron chi connectivity index (χ1n) is 7.29. The van der Waals surface area contributed by atoms with Gasteiger partial charge in [-0.1, -0.05) is 13.8 Å². The first kappa shape index (κ1) is 16.2. The number of piperidine rings is 1. The summed E-state index contributed by atoms with van der Waals surface area (Å²) in [6.45, 7) is 6.57. The van der Waals surface area contributed by atoms with Crippen LogP contribution in [0, 0.1) is 5.92 Å². The average Bonchev–Trinajstić information content (AvgIpc) is 2.38. The predicted molar refractivity (Wildman–Crippen MR) is 77.1 cm³/mol. The van der Waals surface area contributed by atoms with Crippen LogP contribution in [0.3, 0.4) is 0 Å². The molecule has 0 aromatic carbocycles. The summed E-state index contributed by atoms with van der Waals surface area (Å²) < 4.78 is 0. The third-order valence-electron chi connectivity index (χ3n) is 3.79. The van der Waals surface area contributed by atoms with Crippen LogP contribution < -0.4 is 5.32 Å². The van der Waals surface area contributed by atoms with Crippen LogP contribution >= 0.6 is 0 Å². The Morgan fingerprint density at radius 2 is 1.95 bits per heavy atom. The summed E-state index contributed by atoms with van der Waals surface area (Å²) in [6, 6.07) is 0.583. The molecule has 1 aliphatic rings. The second kappa shape index (κ2) is 7.70. The molecular formula is C14H29N3O2. The third-order valence-corrected chi connectivity index (χ3v) is 3.79. The van der Waals surface area contributed by atoms with Crippen LogP contribution in [0.15, 0.2) is 0 Å². The number of urea groups is 1. The van der Waals surface area contributed by atoms with E-state index < -0.39 is 0 Å². The van der Waals surface area contributed by atoms with Crippen LogP contribution in [-0.4, -0.2) is 66.8 Å². The lowest BCUT2D eigenvalue weighted by atomic mass is 10.0. The number of rotatable bonds is 5. The van der Waals surface area contributed by atoms with Crippen molar-refractivity contribution in [3.8, 4) is 0 Å². The summed E-state index contributed by atoms with van der Waals surface area (Å²) in [6.07, 6.45) is 2.58. The standard InChI is InChI=1S/C14H29N3O2/c1-11(2)13(18)5-8-15-12-6-9-17(10-7-12)14(19)16(3)4/h11-13,15,18H,5-10H2,1-4H3. The number of likely N-dealkylation sites (tertiary alicyclic amines) is 1. The lowest BCUT2D eigenvalue weighted by molar-refractivity contribution is 0.113. The average molecular weight is 271 g/mol. The molecule has 1 rings (SSSR count). The summed E-state index contributed by atoms with van der Waals surface area (Å²) in [4.78, 5) is 15.3. The Bertz CT molecular complexity index is 274. The molecule has 1 heterocycles. The van der Waals surface area contributed by atoms with Gasteiger partial charge in [0.25, 0.3) is 0 Å². The Hall–Kier alpha value is -0.810. The number of hydrogen-bond donors (Lipinski definition) is 2. The largest absolute Gasteiger partial charge is 0.393 e. The molecule has 2 N–H and O–H groups in total. The van der Waals surface area contributed by atoms with Crippen molar-refractivity contribution >= 4 is 6.03 Å². The Kier molecular flexibility index (Phi) is 6.58. The van der Waals surface area contributed by atoms with Crippen LogP contribution in [0.5, 0.6) is 0 Å². The molecular weight excluding hydrogens is 242 g/mol. The Morgan fingerprint density at radius 3 is 2.42 bits per heavy atom. The summed E-state index contributed by atoms with van der Waals surface area (Å²) in [5.41, 5.74) is 0. The minimum absolute atomic E-state index is 0.105. The number of carbonyl (C=O) groups is 1. The highest BCUT2D eigenvalue weighted by atomic mass is 16.3. The first-order valence-corrected chi connectivity index (χ1v) is 7.29. The molecule has 1 aliphatic heterocycles. The lowest BCUT2D eigenvalue weighted by Crippen LogP contribution is -2.48. The fraction of sp³-hybridized carbons (Fsp3) is 0.929. The molecule has 2 amide bonds. The van der Waals surface area contributed by atoms with Crippen molar-refractivity contribution in [3.63, 3.8) is 0 Å². The van der Waals surface area contributed by atoms with E-state index in [0.717, 1.165) is 38.9 Å². The maximum atomic E-state index is 11.8. The van der Waals surface area contributed by atoms with E-state index in [2.05, 4.69) is 5.32 Å². The molecule has 1 unspecified atom stereocenters. The van der Waals surface area contributed by atoms with Gasteiger partial charge in [0.2, 0.25) is 0 Å². The summed E-state index contributed by atoms with van der Waals surface area (Å²) in [5.74, 6) is 0.321. The van der Waals surface area contributed by atoms with Crippen molar-refractivity contribution in [3.05, 3.63) is 0 Å². The maximum absolute atomic E-state index is 11.8. The van der Waals surface area contributed by atoms with Gasteiger partial charge in [0.15, 0.2) is 0 Å². The van der Waals surface area contributed by atoms with Gasteiger partial charge >= 0.3 is 6.03 Å². The van der Waals surface area contributed by atoms with Crippen molar-refractivity contribution in [2.75, 3.05) is 33.7 Å². The number of hydrogen-bond acceptors (Lipinski definition) is 3. The maximum Gasteiger partial charge on any atom is 0.319 e. The van der Waals surface area contributed by atoms with Crippen molar-refractivity contribution in [2.24, 2.45) is 5.92 Å². The van der Waals surface area contributed by atoms with E-state index in [4.69, 9.17) is 0 Å². The zero-order valence-corrected chi connectivity index (χ0v) is 12.7. The van der Waals surface area contributed by atoms with Gasteiger partial charge in [-0.2, -0.15) is 0 Å². The highest BCUT2D eigenvalue weighted by Crippen LogP contribution is 2.12. The molecule has 1 saturated heterocycles. The van der Waals surface area contributed by atoms with E-state index in [-0.39, 0.29) is 12.1 Å². The Labute approximate surface area is 117 Å².